The second kappa shape index (κ2) is 3.01. The zero-order valence-electron chi connectivity index (χ0n) is 8.41. The van der Waals surface area contributed by atoms with Gasteiger partial charge in [-0.15, -0.1) is 0 Å². The van der Waals surface area contributed by atoms with E-state index in [1.54, 1.807) is 0 Å². The van der Waals surface area contributed by atoms with Crippen molar-refractivity contribution in [2.45, 2.75) is 20.3 Å². The number of hydrogen-bond donors (Lipinski definition) is 2. The van der Waals surface area contributed by atoms with E-state index in [1.165, 1.54) is 11.8 Å². The van der Waals surface area contributed by atoms with Crippen LogP contribution >= 0.6 is 0 Å². The molecule has 1 heterocycles. The molecule has 14 heavy (non-hydrogen) atoms. The SMILES string of the molecule is CC(C)C1=CCc2c(N)ncc(O)c21. The van der Waals surface area contributed by atoms with Crippen LogP contribution in [0.15, 0.2) is 12.3 Å². The Labute approximate surface area is 83.3 Å². The summed E-state index contributed by atoms with van der Waals surface area (Å²) in [6, 6.07) is 0. The normalized spacial score (nSPS) is 14.4. The number of aromatic nitrogens is 1. The third-order valence-corrected chi connectivity index (χ3v) is 2.63. The number of pyridine rings is 1. The summed E-state index contributed by atoms with van der Waals surface area (Å²) >= 11 is 0. The van der Waals surface area contributed by atoms with Gasteiger partial charge < -0.3 is 10.8 Å². The number of nitrogens with two attached hydrogens (primary N) is 1. The van der Waals surface area contributed by atoms with Gasteiger partial charge in [-0.3, -0.25) is 0 Å². The fraction of sp³-hybridized carbons (Fsp3) is 0.364. The molecule has 74 valence electrons. The van der Waals surface area contributed by atoms with Gasteiger partial charge in [-0.2, -0.15) is 0 Å². The summed E-state index contributed by atoms with van der Waals surface area (Å²) < 4.78 is 0. The van der Waals surface area contributed by atoms with Gasteiger partial charge in [0.05, 0.1) is 6.20 Å². The monoisotopic (exact) mass is 190 g/mol. The molecule has 0 spiro atoms. The van der Waals surface area contributed by atoms with Crippen molar-refractivity contribution >= 4 is 11.4 Å². The van der Waals surface area contributed by atoms with Gasteiger partial charge in [0, 0.05) is 11.1 Å². The van der Waals surface area contributed by atoms with Crippen molar-refractivity contribution in [2.24, 2.45) is 5.92 Å². The summed E-state index contributed by atoms with van der Waals surface area (Å²) in [5.74, 6) is 1.18. The quantitative estimate of drug-likeness (QED) is 0.711. The highest BCUT2D eigenvalue weighted by molar-refractivity contribution is 5.80. The van der Waals surface area contributed by atoms with E-state index in [4.69, 9.17) is 5.73 Å². The molecule has 0 bridgehead atoms. The predicted molar refractivity (Wildman–Crippen MR) is 56.8 cm³/mol. The van der Waals surface area contributed by atoms with Gasteiger partial charge in [0.1, 0.15) is 11.6 Å². The van der Waals surface area contributed by atoms with Gasteiger partial charge in [-0.1, -0.05) is 19.9 Å². The number of nitrogens with zero attached hydrogens (tertiary/aromatic N) is 1. The lowest BCUT2D eigenvalue weighted by molar-refractivity contribution is 0.470. The van der Waals surface area contributed by atoms with Gasteiger partial charge in [-0.25, -0.2) is 4.98 Å². The third-order valence-electron chi connectivity index (χ3n) is 2.63. The summed E-state index contributed by atoms with van der Waals surface area (Å²) in [5, 5.41) is 9.72. The van der Waals surface area contributed by atoms with Crippen LogP contribution in [-0.2, 0) is 6.42 Å². The first-order chi connectivity index (χ1) is 6.61. The van der Waals surface area contributed by atoms with E-state index in [1.807, 2.05) is 0 Å². The van der Waals surface area contributed by atoms with Crippen molar-refractivity contribution in [1.82, 2.24) is 4.98 Å². The fourth-order valence-electron chi connectivity index (χ4n) is 1.92. The van der Waals surface area contributed by atoms with Crippen LogP contribution in [0.25, 0.3) is 5.57 Å². The number of hydrogen-bond acceptors (Lipinski definition) is 3. The Morgan fingerprint density at radius 2 is 2.21 bits per heavy atom. The Bertz CT molecular complexity index is 408. The topological polar surface area (TPSA) is 59.1 Å². The lowest BCUT2D eigenvalue weighted by Gasteiger charge is -2.11. The standard InChI is InChI=1S/C11H14N2O/c1-6(2)7-3-4-8-10(7)9(14)5-13-11(8)12/h3,5-6,14H,4H2,1-2H3,(H2,12,13). The summed E-state index contributed by atoms with van der Waals surface area (Å²) in [5.41, 5.74) is 8.78. The van der Waals surface area contributed by atoms with Crippen LogP contribution in [0, 0.1) is 5.92 Å². The molecule has 0 unspecified atom stereocenters. The van der Waals surface area contributed by atoms with E-state index < -0.39 is 0 Å². The number of aromatic hydroxyl groups is 1. The molecule has 0 saturated carbocycles. The molecule has 3 nitrogen and oxygen atoms in total. The van der Waals surface area contributed by atoms with Crippen molar-refractivity contribution in [3.05, 3.63) is 23.4 Å². The molecule has 2 rings (SSSR count). The maximum Gasteiger partial charge on any atom is 0.141 e. The highest BCUT2D eigenvalue weighted by atomic mass is 16.3. The molecule has 3 heteroatoms. The third kappa shape index (κ3) is 1.16. The number of fused-ring (bicyclic) bond motifs is 1. The molecule has 0 aliphatic heterocycles. The first-order valence-electron chi connectivity index (χ1n) is 4.78. The number of anilines is 1. The van der Waals surface area contributed by atoms with Crippen LogP contribution in [0.4, 0.5) is 5.82 Å². The van der Waals surface area contributed by atoms with Crippen LogP contribution in [-0.4, -0.2) is 10.1 Å². The van der Waals surface area contributed by atoms with E-state index in [-0.39, 0.29) is 5.75 Å². The van der Waals surface area contributed by atoms with Crippen LogP contribution in [0.2, 0.25) is 0 Å². The van der Waals surface area contributed by atoms with Crippen molar-refractivity contribution in [3.8, 4) is 5.75 Å². The molecule has 3 N–H and O–H groups in total. The van der Waals surface area contributed by atoms with Gasteiger partial charge in [-0.05, 0) is 17.9 Å². The molecular formula is C11H14N2O. The Hall–Kier alpha value is -1.51. The van der Waals surface area contributed by atoms with Gasteiger partial charge >= 0.3 is 0 Å². The van der Waals surface area contributed by atoms with Crippen molar-refractivity contribution in [1.29, 1.82) is 0 Å². The van der Waals surface area contributed by atoms with Crippen molar-refractivity contribution in [3.63, 3.8) is 0 Å². The minimum absolute atomic E-state index is 0.242. The zero-order valence-corrected chi connectivity index (χ0v) is 8.41. The maximum absolute atomic E-state index is 9.72. The van der Waals surface area contributed by atoms with E-state index in [0.29, 0.717) is 11.7 Å². The van der Waals surface area contributed by atoms with Gasteiger partial charge in [0.2, 0.25) is 0 Å². The number of rotatable bonds is 1. The average Bonchev–Trinajstić information content (AvgIpc) is 2.56. The number of allylic oxidation sites excluding steroid dienone is 2. The Kier molecular flexibility index (Phi) is 1.95. The highest BCUT2D eigenvalue weighted by Gasteiger charge is 2.22. The summed E-state index contributed by atoms with van der Waals surface area (Å²) in [7, 11) is 0. The van der Waals surface area contributed by atoms with E-state index in [9.17, 15) is 5.11 Å². The number of nitrogen functional groups attached to an aromatic ring is 1. The van der Waals surface area contributed by atoms with Crippen LogP contribution in [0.5, 0.6) is 5.75 Å². The minimum atomic E-state index is 0.242. The lowest BCUT2D eigenvalue weighted by Crippen LogP contribution is -1.99. The molecule has 0 amide bonds. The predicted octanol–water partition coefficient (Wildman–Crippen LogP) is 1.96. The first-order valence-corrected chi connectivity index (χ1v) is 4.78. The van der Waals surface area contributed by atoms with Gasteiger partial charge in [0.25, 0.3) is 0 Å². The second-order valence-corrected chi connectivity index (χ2v) is 3.90. The molecule has 0 radical (unpaired) electrons. The average molecular weight is 190 g/mol. The molecule has 0 aromatic carbocycles. The Balaban J connectivity index is 2.60. The largest absolute Gasteiger partial charge is 0.506 e. The first kappa shape index (κ1) is 9.06. The molecule has 0 atom stereocenters. The summed E-state index contributed by atoms with van der Waals surface area (Å²) in [6.45, 7) is 4.22. The molecule has 1 aliphatic rings. The molecular weight excluding hydrogens is 176 g/mol. The lowest BCUT2D eigenvalue weighted by atomic mass is 9.97. The summed E-state index contributed by atoms with van der Waals surface area (Å²) in [4.78, 5) is 3.94. The second-order valence-electron chi connectivity index (χ2n) is 3.90. The fourth-order valence-corrected chi connectivity index (χ4v) is 1.92. The molecule has 1 aromatic rings. The smallest absolute Gasteiger partial charge is 0.141 e. The van der Waals surface area contributed by atoms with Crippen LogP contribution in [0.3, 0.4) is 0 Å². The highest BCUT2D eigenvalue weighted by Crippen LogP contribution is 2.39. The van der Waals surface area contributed by atoms with Crippen LogP contribution in [0.1, 0.15) is 25.0 Å². The molecule has 0 saturated heterocycles. The van der Waals surface area contributed by atoms with Crippen molar-refractivity contribution in [2.75, 3.05) is 5.73 Å². The Morgan fingerprint density at radius 3 is 2.86 bits per heavy atom. The molecule has 1 aliphatic carbocycles. The molecule has 1 aromatic heterocycles. The maximum atomic E-state index is 9.72. The van der Waals surface area contributed by atoms with Crippen molar-refractivity contribution < 1.29 is 5.11 Å². The molecule has 0 fully saturated rings. The zero-order chi connectivity index (χ0) is 10.3. The Morgan fingerprint density at radius 1 is 1.50 bits per heavy atom. The van der Waals surface area contributed by atoms with E-state index >= 15 is 0 Å². The van der Waals surface area contributed by atoms with Gasteiger partial charge in [0.15, 0.2) is 0 Å². The minimum Gasteiger partial charge on any atom is -0.506 e. The van der Waals surface area contributed by atoms with E-state index in [0.717, 1.165) is 17.5 Å². The van der Waals surface area contributed by atoms with E-state index in [2.05, 4.69) is 24.9 Å². The summed E-state index contributed by atoms with van der Waals surface area (Å²) in [6.07, 6.45) is 4.33. The van der Waals surface area contributed by atoms with Crippen LogP contribution < -0.4 is 5.73 Å².